The summed E-state index contributed by atoms with van der Waals surface area (Å²) in [6, 6.07) is 11.2. The molecule has 0 atom stereocenters. The number of carbonyl (C=O) groups is 1. The Morgan fingerprint density at radius 1 is 1.25 bits per heavy atom. The first-order valence-electron chi connectivity index (χ1n) is 7.39. The molecule has 0 radical (unpaired) electrons. The van der Waals surface area contributed by atoms with E-state index in [0.29, 0.717) is 33.8 Å². The molecule has 3 aromatic rings. The van der Waals surface area contributed by atoms with Gasteiger partial charge in [0.25, 0.3) is 5.91 Å². The number of nitrogens with one attached hydrogen (secondary N) is 2. The van der Waals surface area contributed by atoms with Gasteiger partial charge in [0.2, 0.25) is 0 Å². The van der Waals surface area contributed by atoms with Crippen LogP contribution in [0.4, 0.5) is 5.13 Å². The van der Waals surface area contributed by atoms with E-state index in [2.05, 4.69) is 15.6 Å². The molecule has 0 spiro atoms. The number of benzene rings is 1. The topological polar surface area (TPSA) is 67.2 Å². The fourth-order valence-corrected chi connectivity index (χ4v) is 3.24. The molecular formula is C17H16ClN3O2S. The van der Waals surface area contributed by atoms with Crippen LogP contribution in [0.1, 0.15) is 26.7 Å². The number of hydrogen-bond acceptors (Lipinski definition) is 5. The largest absolute Gasteiger partial charge is 0.467 e. The van der Waals surface area contributed by atoms with E-state index in [4.69, 9.17) is 16.0 Å². The van der Waals surface area contributed by atoms with Gasteiger partial charge in [0.15, 0.2) is 5.13 Å². The Hall–Kier alpha value is -2.31. The van der Waals surface area contributed by atoms with Gasteiger partial charge in [0, 0.05) is 11.6 Å². The lowest BCUT2D eigenvalue weighted by atomic mass is 10.2. The molecule has 5 nitrogen and oxygen atoms in total. The molecule has 2 heterocycles. The SMILES string of the molecule is Cc1nc(NCc2ccco2)sc1C(=O)NCc1ccccc1Cl. The average Bonchev–Trinajstić information content (AvgIpc) is 3.21. The number of furan rings is 1. The third kappa shape index (κ3) is 3.96. The van der Waals surface area contributed by atoms with Crippen LogP contribution in [0.5, 0.6) is 0 Å². The van der Waals surface area contributed by atoms with E-state index in [-0.39, 0.29) is 5.91 Å². The second-order valence-electron chi connectivity index (χ2n) is 5.14. The highest BCUT2D eigenvalue weighted by atomic mass is 35.5. The van der Waals surface area contributed by atoms with Crippen molar-refractivity contribution in [2.75, 3.05) is 5.32 Å². The van der Waals surface area contributed by atoms with Crippen molar-refractivity contribution in [3.8, 4) is 0 Å². The summed E-state index contributed by atoms with van der Waals surface area (Å²) in [5.41, 5.74) is 1.57. The van der Waals surface area contributed by atoms with Gasteiger partial charge >= 0.3 is 0 Å². The highest BCUT2D eigenvalue weighted by Gasteiger charge is 2.15. The number of aryl methyl sites for hydroxylation is 1. The number of anilines is 1. The molecular weight excluding hydrogens is 346 g/mol. The molecule has 0 aliphatic rings. The van der Waals surface area contributed by atoms with Gasteiger partial charge in [-0.1, -0.05) is 41.1 Å². The maximum atomic E-state index is 12.4. The van der Waals surface area contributed by atoms with Crippen LogP contribution >= 0.6 is 22.9 Å². The van der Waals surface area contributed by atoms with Crippen LogP contribution in [0.2, 0.25) is 5.02 Å². The van der Waals surface area contributed by atoms with Gasteiger partial charge in [0.1, 0.15) is 10.6 Å². The Morgan fingerprint density at radius 2 is 2.08 bits per heavy atom. The van der Waals surface area contributed by atoms with Crippen LogP contribution in [0.15, 0.2) is 47.1 Å². The standard InChI is InChI=1S/C17H16ClN3O2S/c1-11-15(16(22)19-9-12-5-2-3-7-14(12)18)24-17(21-11)20-10-13-6-4-8-23-13/h2-8H,9-10H2,1H3,(H,19,22)(H,20,21). The minimum absolute atomic E-state index is 0.157. The van der Waals surface area contributed by atoms with Gasteiger partial charge < -0.3 is 15.1 Å². The van der Waals surface area contributed by atoms with Crippen LogP contribution < -0.4 is 10.6 Å². The van der Waals surface area contributed by atoms with Crippen molar-refractivity contribution >= 4 is 34.0 Å². The zero-order chi connectivity index (χ0) is 16.9. The van der Waals surface area contributed by atoms with Crippen molar-refractivity contribution in [2.45, 2.75) is 20.0 Å². The van der Waals surface area contributed by atoms with Crippen molar-refractivity contribution in [3.63, 3.8) is 0 Å². The minimum Gasteiger partial charge on any atom is -0.467 e. The Bertz CT molecular complexity index is 830. The van der Waals surface area contributed by atoms with E-state index in [1.54, 1.807) is 12.3 Å². The predicted octanol–water partition coefficient (Wildman–Crippen LogP) is 4.24. The van der Waals surface area contributed by atoms with E-state index in [9.17, 15) is 4.79 Å². The summed E-state index contributed by atoms with van der Waals surface area (Å²) >= 11 is 7.42. The summed E-state index contributed by atoms with van der Waals surface area (Å²) in [4.78, 5) is 17.3. The maximum Gasteiger partial charge on any atom is 0.263 e. The minimum atomic E-state index is -0.157. The summed E-state index contributed by atoms with van der Waals surface area (Å²) in [5, 5.41) is 7.36. The molecule has 3 rings (SSSR count). The summed E-state index contributed by atoms with van der Waals surface area (Å²) in [6.07, 6.45) is 1.62. The first kappa shape index (κ1) is 16.5. The molecule has 2 N–H and O–H groups in total. The van der Waals surface area contributed by atoms with E-state index >= 15 is 0 Å². The quantitative estimate of drug-likeness (QED) is 0.689. The maximum absolute atomic E-state index is 12.4. The number of amides is 1. The number of aromatic nitrogens is 1. The second kappa shape index (κ2) is 7.51. The third-order valence-electron chi connectivity index (χ3n) is 3.39. The first-order chi connectivity index (χ1) is 11.6. The highest BCUT2D eigenvalue weighted by Crippen LogP contribution is 2.23. The van der Waals surface area contributed by atoms with Crippen LogP contribution in [0.3, 0.4) is 0 Å². The van der Waals surface area contributed by atoms with E-state index in [1.165, 1.54) is 11.3 Å². The van der Waals surface area contributed by atoms with Gasteiger partial charge in [-0.3, -0.25) is 4.79 Å². The Labute approximate surface area is 148 Å². The van der Waals surface area contributed by atoms with E-state index < -0.39 is 0 Å². The van der Waals surface area contributed by atoms with Gasteiger partial charge in [0.05, 0.1) is 18.5 Å². The molecule has 1 amide bonds. The summed E-state index contributed by atoms with van der Waals surface area (Å²) in [7, 11) is 0. The van der Waals surface area contributed by atoms with Gasteiger partial charge in [-0.05, 0) is 30.7 Å². The van der Waals surface area contributed by atoms with Crippen LogP contribution in [-0.4, -0.2) is 10.9 Å². The summed E-state index contributed by atoms with van der Waals surface area (Å²) in [5.74, 6) is 0.656. The van der Waals surface area contributed by atoms with E-state index in [1.807, 2.05) is 37.3 Å². The van der Waals surface area contributed by atoms with E-state index in [0.717, 1.165) is 11.3 Å². The number of halogens is 1. The smallest absolute Gasteiger partial charge is 0.263 e. The van der Waals surface area contributed by atoms with Gasteiger partial charge in [-0.25, -0.2) is 4.98 Å². The van der Waals surface area contributed by atoms with Crippen molar-refractivity contribution in [3.05, 3.63) is 69.6 Å². The summed E-state index contributed by atoms with van der Waals surface area (Å²) < 4.78 is 5.26. The lowest BCUT2D eigenvalue weighted by Crippen LogP contribution is -2.22. The van der Waals surface area contributed by atoms with Gasteiger partial charge in [-0.15, -0.1) is 0 Å². The first-order valence-corrected chi connectivity index (χ1v) is 8.58. The summed E-state index contributed by atoms with van der Waals surface area (Å²) in [6.45, 7) is 2.73. The van der Waals surface area contributed by atoms with Crippen molar-refractivity contribution in [2.24, 2.45) is 0 Å². The predicted molar refractivity (Wildman–Crippen MR) is 95.5 cm³/mol. The lowest BCUT2D eigenvalue weighted by molar-refractivity contribution is 0.0954. The van der Waals surface area contributed by atoms with Crippen LogP contribution in [0.25, 0.3) is 0 Å². The van der Waals surface area contributed by atoms with Gasteiger partial charge in [-0.2, -0.15) is 0 Å². The normalized spacial score (nSPS) is 10.6. The van der Waals surface area contributed by atoms with Crippen molar-refractivity contribution in [1.29, 1.82) is 0 Å². The molecule has 0 bridgehead atoms. The zero-order valence-corrected chi connectivity index (χ0v) is 14.6. The zero-order valence-electron chi connectivity index (χ0n) is 13.0. The number of hydrogen-bond donors (Lipinski definition) is 2. The molecule has 124 valence electrons. The van der Waals surface area contributed by atoms with Crippen LogP contribution in [-0.2, 0) is 13.1 Å². The monoisotopic (exact) mass is 361 g/mol. The Balaban J connectivity index is 1.61. The Morgan fingerprint density at radius 3 is 2.83 bits per heavy atom. The lowest BCUT2D eigenvalue weighted by Gasteiger charge is -2.05. The molecule has 0 saturated carbocycles. The molecule has 1 aromatic carbocycles. The number of thiazole rings is 1. The highest BCUT2D eigenvalue weighted by molar-refractivity contribution is 7.17. The average molecular weight is 362 g/mol. The molecule has 24 heavy (non-hydrogen) atoms. The fourth-order valence-electron chi connectivity index (χ4n) is 2.16. The van der Waals surface area contributed by atoms with Crippen molar-refractivity contribution in [1.82, 2.24) is 10.3 Å². The molecule has 0 saturated heterocycles. The number of nitrogens with zero attached hydrogens (tertiary/aromatic N) is 1. The number of rotatable bonds is 6. The molecule has 7 heteroatoms. The van der Waals surface area contributed by atoms with Crippen molar-refractivity contribution < 1.29 is 9.21 Å². The molecule has 2 aromatic heterocycles. The second-order valence-corrected chi connectivity index (χ2v) is 6.55. The number of carbonyl (C=O) groups excluding carboxylic acids is 1. The molecule has 0 fully saturated rings. The molecule has 0 aliphatic carbocycles. The molecule has 0 aliphatic heterocycles. The fraction of sp³-hybridized carbons (Fsp3) is 0.176. The molecule has 0 unspecified atom stereocenters. The van der Waals surface area contributed by atoms with Crippen LogP contribution in [0, 0.1) is 6.92 Å². The Kier molecular flexibility index (Phi) is 5.17. The third-order valence-corrected chi connectivity index (χ3v) is 4.88.